The zero-order chi connectivity index (χ0) is 14.7. The molecule has 0 unspecified atom stereocenters. The van der Waals surface area contributed by atoms with Crippen molar-refractivity contribution in [2.75, 3.05) is 0 Å². The monoisotopic (exact) mass is 380 g/mol. The molecule has 0 saturated carbocycles. The van der Waals surface area contributed by atoms with Crippen LogP contribution < -0.4 is 4.74 Å². The Morgan fingerprint density at radius 3 is 2.30 bits per heavy atom. The van der Waals surface area contributed by atoms with E-state index < -0.39 is 0 Å². The second-order valence-electron chi connectivity index (χ2n) is 5.08. The molecule has 2 nitrogen and oxygen atoms in total. The quantitative estimate of drug-likeness (QED) is 0.428. The molecule has 0 radical (unpaired) electrons. The van der Waals surface area contributed by atoms with Crippen LogP contribution in [0.25, 0.3) is 0 Å². The number of halogens is 1. The molecule has 0 N–H and O–H groups in total. The van der Waals surface area contributed by atoms with Crippen molar-refractivity contribution in [2.24, 2.45) is 0 Å². The van der Waals surface area contributed by atoms with Gasteiger partial charge in [-0.3, -0.25) is 0 Å². The molecule has 0 saturated heterocycles. The highest BCUT2D eigenvalue weighted by atomic mass is 127. The van der Waals surface area contributed by atoms with E-state index in [1.165, 1.54) is 5.56 Å². The maximum Gasteiger partial charge on any atom is 0.343 e. The first-order valence-corrected chi connectivity index (χ1v) is 7.63. The van der Waals surface area contributed by atoms with Crippen LogP contribution in [0.15, 0.2) is 42.5 Å². The predicted molar refractivity (Wildman–Crippen MR) is 89.4 cm³/mol. The van der Waals surface area contributed by atoms with Crippen molar-refractivity contribution in [2.45, 2.75) is 26.7 Å². The molecule has 2 rings (SSSR count). The molecule has 0 aliphatic heterocycles. The highest BCUT2D eigenvalue weighted by Crippen LogP contribution is 2.20. The number of rotatable bonds is 3. The van der Waals surface area contributed by atoms with Crippen molar-refractivity contribution >= 4 is 28.6 Å². The summed E-state index contributed by atoms with van der Waals surface area (Å²) in [5.74, 6) is 0.730. The number of hydrogen-bond acceptors (Lipinski definition) is 2. The number of carbonyl (C=O) groups is 1. The van der Waals surface area contributed by atoms with Gasteiger partial charge in [0.1, 0.15) is 5.75 Å². The van der Waals surface area contributed by atoms with Gasteiger partial charge in [-0.1, -0.05) is 32.0 Å². The third kappa shape index (κ3) is 3.60. The third-order valence-corrected chi connectivity index (χ3v) is 4.33. The first-order chi connectivity index (χ1) is 9.47. The van der Waals surface area contributed by atoms with Gasteiger partial charge in [0.25, 0.3) is 0 Å². The van der Waals surface area contributed by atoms with E-state index in [1.54, 1.807) is 6.07 Å². The lowest BCUT2D eigenvalue weighted by molar-refractivity contribution is 0.0734. The van der Waals surface area contributed by atoms with Gasteiger partial charge in [0.15, 0.2) is 0 Å². The molecule has 104 valence electrons. The van der Waals surface area contributed by atoms with Gasteiger partial charge in [-0.25, -0.2) is 4.79 Å². The Morgan fingerprint density at radius 2 is 1.75 bits per heavy atom. The van der Waals surface area contributed by atoms with E-state index in [0.717, 1.165) is 9.13 Å². The zero-order valence-corrected chi connectivity index (χ0v) is 14.0. The van der Waals surface area contributed by atoms with Gasteiger partial charge >= 0.3 is 5.97 Å². The average Bonchev–Trinajstić information content (AvgIpc) is 2.42. The molecule has 0 aliphatic rings. The van der Waals surface area contributed by atoms with Gasteiger partial charge in [0.2, 0.25) is 0 Å². The molecule has 0 amide bonds. The minimum Gasteiger partial charge on any atom is -0.423 e. The first kappa shape index (κ1) is 15.0. The molecule has 0 heterocycles. The lowest BCUT2D eigenvalue weighted by atomic mass is 10.0. The summed E-state index contributed by atoms with van der Waals surface area (Å²) in [7, 11) is 0. The molecule has 0 bridgehead atoms. The Hall–Kier alpha value is -1.36. The van der Waals surface area contributed by atoms with Crippen LogP contribution in [0.3, 0.4) is 0 Å². The lowest BCUT2D eigenvalue weighted by Gasteiger charge is -2.08. The Balaban J connectivity index is 2.12. The summed E-state index contributed by atoms with van der Waals surface area (Å²) in [5, 5.41) is 0. The molecule has 0 atom stereocenters. The van der Waals surface area contributed by atoms with Gasteiger partial charge in [0.05, 0.1) is 5.56 Å². The van der Waals surface area contributed by atoms with Crippen molar-refractivity contribution in [1.82, 2.24) is 0 Å². The summed E-state index contributed by atoms with van der Waals surface area (Å²) in [5.41, 5.74) is 2.96. The smallest absolute Gasteiger partial charge is 0.343 e. The van der Waals surface area contributed by atoms with E-state index in [4.69, 9.17) is 4.74 Å². The molecular formula is C17H17IO2. The maximum atomic E-state index is 12.1. The van der Waals surface area contributed by atoms with Gasteiger partial charge in [-0.15, -0.1) is 0 Å². The van der Waals surface area contributed by atoms with Crippen LogP contribution in [0.5, 0.6) is 5.75 Å². The van der Waals surface area contributed by atoms with Crippen molar-refractivity contribution in [3.8, 4) is 5.75 Å². The summed E-state index contributed by atoms with van der Waals surface area (Å²) < 4.78 is 6.45. The number of aryl methyl sites for hydroxylation is 1. The number of esters is 1. The van der Waals surface area contributed by atoms with Crippen LogP contribution in [0, 0.1) is 10.5 Å². The van der Waals surface area contributed by atoms with Crippen LogP contribution in [0.1, 0.15) is 41.3 Å². The summed E-state index contributed by atoms with van der Waals surface area (Å²) in [4.78, 5) is 12.1. The van der Waals surface area contributed by atoms with Gasteiger partial charge in [-0.05, 0) is 70.8 Å². The molecule has 0 spiro atoms. The van der Waals surface area contributed by atoms with Crippen LogP contribution in [0.4, 0.5) is 0 Å². The highest BCUT2D eigenvalue weighted by molar-refractivity contribution is 14.1. The number of ether oxygens (including phenoxy) is 1. The van der Waals surface area contributed by atoms with E-state index in [2.05, 4.69) is 36.4 Å². The first-order valence-electron chi connectivity index (χ1n) is 6.55. The van der Waals surface area contributed by atoms with E-state index in [1.807, 2.05) is 43.3 Å². The molecule has 20 heavy (non-hydrogen) atoms. The molecule has 3 heteroatoms. The number of benzene rings is 2. The van der Waals surface area contributed by atoms with Crippen molar-refractivity contribution in [3.05, 3.63) is 62.7 Å². The van der Waals surface area contributed by atoms with Crippen molar-refractivity contribution in [3.63, 3.8) is 0 Å². The minimum absolute atomic E-state index is 0.319. The predicted octanol–water partition coefficient (Wildman–Crippen LogP) is 4.94. The largest absolute Gasteiger partial charge is 0.423 e. The molecule has 0 aliphatic carbocycles. The van der Waals surface area contributed by atoms with E-state index in [0.29, 0.717) is 17.2 Å². The van der Waals surface area contributed by atoms with Gasteiger partial charge in [0, 0.05) is 3.57 Å². The third-order valence-electron chi connectivity index (χ3n) is 3.16. The second-order valence-corrected chi connectivity index (χ2v) is 6.24. The SMILES string of the molecule is Cc1ccc(C(=O)Oc2ccc(C(C)C)cc2)cc1I. The Labute approximate surface area is 133 Å². The number of hydrogen-bond donors (Lipinski definition) is 0. The molecular weight excluding hydrogens is 363 g/mol. The molecule has 2 aromatic carbocycles. The lowest BCUT2D eigenvalue weighted by Crippen LogP contribution is -2.09. The van der Waals surface area contributed by atoms with Gasteiger partial charge < -0.3 is 4.74 Å². The standard InChI is InChI=1S/C17H17IO2/c1-11(2)13-6-8-15(9-7-13)20-17(19)14-5-4-12(3)16(18)10-14/h4-11H,1-3H3. The fourth-order valence-corrected chi connectivity index (χ4v) is 2.32. The Bertz CT molecular complexity index is 615. The van der Waals surface area contributed by atoms with Crippen LogP contribution in [-0.2, 0) is 0 Å². The maximum absolute atomic E-state index is 12.1. The molecule has 0 aromatic heterocycles. The van der Waals surface area contributed by atoms with Crippen LogP contribution >= 0.6 is 22.6 Å². The van der Waals surface area contributed by atoms with Crippen molar-refractivity contribution < 1.29 is 9.53 Å². The Morgan fingerprint density at radius 1 is 1.10 bits per heavy atom. The van der Waals surface area contributed by atoms with Crippen LogP contribution in [0.2, 0.25) is 0 Å². The van der Waals surface area contributed by atoms with E-state index >= 15 is 0 Å². The van der Waals surface area contributed by atoms with E-state index in [-0.39, 0.29) is 5.97 Å². The Kier molecular flexibility index (Phi) is 4.81. The zero-order valence-electron chi connectivity index (χ0n) is 11.8. The highest BCUT2D eigenvalue weighted by Gasteiger charge is 2.10. The molecule has 0 fully saturated rings. The number of carbonyl (C=O) groups excluding carboxylic acids is 1. The van der Waals surface area contributed by atoms with E-state index in [9.17, 15) is 4.79 Å². The molecule has 2 aromatic rings. The summed E-state index contributed by atoms with van der Waals surface area (Å²) in [6.45, 7) is 6.28. The summed E-state index contributed by atoms with van der Waals surface area (Å²) in [6, 6.07) is 13.2. The summed E-state index contributed by atoms with van der Waals surface area (Å²) >= 11 is 2.22. The fraction of sp³-hybridized carbons (Fsp3) is 0.235. The normalized spacial score (nSPS) is 10.7. The fourth-order valence-electron chi connectivity index (χ4n) is 1.81. The van der Waals surface area contributed by atoms with Crippen molar-refractivity contribution in [1.29, 1.82) is 0 Å². The minimum atomic E-state index is -0.319. The average molecular weight is 380 g/mol. The van der Waals surface area contributed by atoms with Gasteiger partial charge in [-0.2, -0.15) is 0 Å². The second kappa shape index (κ2) is 6.39. The topological polar surface area (TPSA) is 26.3 Å². The van der Waals surface area contributed by atoms with Crippen LogP contribution in [-0.4, -0.2) is 5.97 Å². The summed E-state index contributed by atoms with van der Waals surface area (Å²) in [6.07, 6.45) is 0.